The molecular weight excluding hydrogens is 240 g/mol. The second-order valence-electron chi connectivity index (χ2n) is 8.00. The van der Waals surface area contributed by atoms with Crippen LogP contribution in [0.5, 0.6) is 0 Å². The van der Waals surface area contributed by atoms with Crippen LogP contribution in [0.2, 0.25) is 0 Å². The molecule has 0 aromatic carbocycles. The Hall–Kier alpha value is 0. The van der Waals surface area contributed by atoms with Gasteiger partial charge in [0.1, 0.15) is 0 Å². The molecule has 0 radical (unpaired) electrons. The van der Waals surface area contributed by atoms with Crippen molar-refractivity contribution in [2.75, 3.05) is 0 Å². The summed E-state index contributed by atoms with van der Waals surface area (Å²) in [6, 6.07) is 0. The van der Waals surface area contributed by atoms with Crippen molar-refractivity contribution in [2.24, 2.45) is 16.7 Å². The maximum Gasteiger partial charge on any atom is -0.0357 e. The number of hydrogen-bond donors (Lipinski definition) is 0. The monoisotopic (exact) mass is 292 g/mol. The van der Waals surface area contributed by atoms with Crippen molar-refractivity contribution >= 4 is 0 Å². The zero-order chi connectivity index (χ0) is 14.7. The molecule has 0 aromatic rings. The highest BCUT2D eigenvalue weighted by atomic mass is 14.2. The molecule has 0 nitrogen and oxygen atoms in total. The van der Waals surface area contributed by atoms with Crippen molar-refractivity contribution in [3.8, 4) is 0 Å². The summed E-state index contributed by atoms with van der Waals surface area (Å²) in [5.74, 6) is 0.833. The first-order chi connectivity index (χ1) is 7.35. The molecule has 0 N–H and O–H groups in total. The van der Waals surface area contributed by atoms with E-state index in [2.05, 4.69) is 76.2 Å². The van der Waals surface area contributed by atoms with E-state index >= 15 is 0 Å². The molecule has 0 saturated carbocycles. The van der Waals surface area contributed by atoms with Crippen LogP contribution < -0.4 is 0 Å². The van der Waals surface area contributed by atoms with Crippen LogP contribution in [0.25, 0.3) is 0 Å². The number of hydrogen-bond acceptors (Lipinski definition) is 0. The molecule has 0 saturated heterocycles. The lowest BCUT2D eigenvalue weighted by Gasteiger charge is -2.20. The molecule has 0 amide bonds. The van der Waals surface area contributed by atoms with E-state index in [0.717, 1.165) is 5.92 Å². The highest BCUT2D eigenvalue weighted by molar-refractivity contribution is 4.63. The summed E-state index contributed by atoms with van der Waals surface area (Å²) in [6.45, 7) is 24.4. The van der Waals surface area contributed by atoms with E-state index in [1.165, 1.54) is 19.3 Å². The molecule has 0 heterocycles. The van der Waals surface area contributed by atoms with Crippen LogP contribution in [-0.4, -0.2) is 0 Å². The van der Waals surface area contributed by atoms with Gasteiger partial charge in [0.15, 0.2) is 0 Å². The van der Waals surface area contributed by atoms with Crippen LogP contribution >= 0.6 is 0 Å². The SMILES string of the molecule is C.C.C.CC(C)(C)C.CC(C)C.CCCC(C)(C)CC. The topological polar surface area (TPSA) is 0 Å². The van der Waals surface area contributed by atoms with Gasteiger partial charge < -0.3 is 0 Å². The van der Waals surface area contributed by atoms with E-state index in [-0.39, 0.29) is 22.3 Å². The lowest BCUT2D eigenvalue weighted by Crippen LogP contribution is -2.07. The largest absolute Gasteiger partial charge is 0.0776 e. The van der Waals surface area contributed by atoms with Gasteiger partial charge in [-0.2, -0.15) is 0 Å². The van der Waals surface area contributed by atoms with Gasteiger partial charge in [-0.15, -0.1) is 0 Å². The first kappa shape index (κ1) is 36.8. The van der Waals surface area contributed by atoms with Crippen molar-refractivity contribution < 1.29 is 0 Å². The van der Waals surface area contributed by atoms with E-state index in [4.69, 9.17) is 0 Å². The average Bonchev–Trinajstić information content (AvgIpc) is 2.00. The predicted octanol–water partition coefficient (Wildman–Crippen LogP) is 8.85. The lowest BCUT2D eigenvalue weighted by atomic mass is 9.86. The standard InChI is InChI=1S/C8H18.C5H12.C4H10.3CH4/c1-5-7-8(3,4)6-2;1-5(2,3)4;1-4(2)3;;;/h5-7H2,1-4H3;1-4H3;4H,1-3H3;3*1H4. The minimum Gasteiger partial charge on any atom is -0.0776 e. The van der Waals surface area contributed by atoms with Crippen LogP contribution in [0.4, 0.5) is 0 Å². The molecule has 0 heteroatoms. The Morgan fingerprint density at radius 2 is 0.900 bits per heavy atom. The Morgan fingerprint density at radius 1 is 0.700 bits per heavy atom. The molecule has 0 fully saturated rings. The van der Waals surface area contributed by atoms with Gasteiger partial charge in [0.25, 0.3) is 0 Å². The van der Waals surface area contributed by atoms with Crippen LogP contribution in [0.3, 0.4) is 0 Å². The Kier molecular flexibility index (Phi) is 35.0. The third-order valence-electron chi connectivity index (χ3n) is 1.88. The fourth-order valence-electron chi connectivity index (χ4n) is 0.854. The van der Waals surface area contributed by atoms with E-state index in [0.29, 0.717) is 10.8 Å². The minimum absolute atomic E-state index is 0. The van der Waals surface area contributed by atoms with Gasteiger partial charge in [0.2, 0.25) is 0 Å². The van der Waals surface area contributed by atoms with Crippen molar-refractivity contribution in [1.29, 1.82) is 0 Å². The fourth-order valence-corrected chi connectivity index (χ4v) is 0.854. The fraction of sp³-hybridized carbons (Fsp3) is 1.00. The Labute approximate surface area is 135 Å². The van der Waals surface area contributed by atoms with Crippen LogP contribution in [0.1, 0.15) is 118 Å². The van der Waals surface area contributed by atoms with Crippen molar-refractivity contribution in [1.82, 2.24) is 0 Å². The van der Waals surface area contributed by atoms with E-state index < -0.39 is 0 Å². The summed E-state index contributed by atoms with van der Waals surface area (Å²) in [7, 11) is 0. The molecule has 20 heavy (non-hydrogen) atoms. The summed E-state index contributed by atoms with van der Waals surface area (Å²) >= 11 is 0. The first-order valence-electron chi connectivity index (χ1n) is 7.35. The smallest absolute Gasteiger partial charge is 0.0357 e. The first-order valence-corrected chi connectivity index (χ1v) is 7.35. The van der Waals surface area contributed by atoms with Gasteiger partial charge in [-0.1, -0.05) is 111 Å². The molecule has 0 rings (SSSR count). The Bertz CT molecular complexity index is 126. The molecule has 0 bridgehead atoms. The molecule has 0 aliphatic heterocycles. The Balaban J connectivity index is -0.0000000363. The summed E-state index contributed by atoms with van der Waals surface area (Å²) in [4.78, 5) is 0. The highest BCUT2D eigenvalue weighted by Gasteiger charge is 2.11. The maximum absolute atomic E-state index is 2.33. The second-order valence-corrected chi connectivity index (χ2v) is 8.00. The normalized spacial score (nSPS) is 9.60. The summed E-state index contributed by atoms with van der Waals surface area (Å²) in [6.07, 6.45) is 3.99. The molecule has 0 aliphatic carbocycles. The third kappa shape index (κ3) is 106. The molecule has 0 aliphatic rings. The van der Waals surface area contributed by atoms with Gasteiger partial charge in [-0.25, -0.2) is 0 Å². The van der Waals surface area contributed by atoms with Crippen LogP contribution in [0, 0.1) is 16.7 Å². The van der Waals surface area contributed by atoms with Gasteiger partial charge >= 0.3 is 0 Å². The molecule has 132 valence electrons. The quantitative estimate of drug-likeness (QED) is 0.487. The van der Waals surface area contributed by atoms with Crippen LogP contribution in [0.15, 0.2) is 0 Å². The van der Waals surface area contributed by atoms with Crippen molar-refractivity contribution in [3.05, 3.63) is 0 Å². The van der Waals surface area contributed by atoms with Crippen molar-refractivity contribution in [3.63, 3.8) is 0 Å². The molecule has 0 atom stereocenters. The second kappa shape index (κ2) is 19.0. The summed E-state index contributed by atoms with van der Waals surface area (Å²) < 4.78 is 0. The molecule has 0 aromatic heterocycles. The van der Waals surface area contributed by atoms with Gasteiger partial charge in [0.05, 0.1) is 0 Å². The van der Waals surface area contributed by atoms with Crippen LogP contribution in [-0.2, 0) is 0 Å². The maximum atomic E-state index is 2.33. The van der Waals surface area contributed by atoms with Gasteiger partial charge in [-0.05, 0) is 23.2 Å². The molecule has 0 unspecified atom stereocenters. The van der Waals surface area contributed by atoms with Gasteiger partial charge in [-0.3, -0.25) is 0 Å². The van der Waals surface area contributed by atoms with E-state index in [1.807, 2.05) is 0 Å². The van der Waals surface area contributed by atoms with E-state index in [1.54, 1.807) is 0 Å². The van der Waals surface area contributed by atoms with Gasteiger partial charge in [0, 0.05) is 0 Å². The zero-order valence-electron chi connectivity index (χ0n) is 14.7. The predicted molar refractivity (Wildman–Crippen MR) is 105 cm³/mol. The van der Waals surface area contributed by atoms with Crippen molar-refractivity contribution in [2.45, 2.75) is 118 Å². The third-order valence-corrected chi connectivity index (χ3v) is 1.88. The zero-order valence-corrected chi connectivity index (χ0v) is 14.7. The molecular formula is C20H52. The summed E-state index contributed by atoms with van der Waals surface area (Å²) in [5, 5.41) is 0. The van der Waals surface area contributed by atoms with E-state index in [9.17, 15) is 0 Å². The Morgan fingerprint density at radius 3 is 0.950 bits per heavy atom. The minimum atomic E-state index is 0. The summed E-state index contributed by atoms with van der Waals surface area (Å²) in [5.41, 5.74) is 1.09. The lowest BCUT2D eigenvalue weighted by molar-refractivity contribution is 0.319. The average molecular weight is 293 g/mol. The number of rotatable bonds is 3. The highest BCUT2D eigenvalue weighted by Crippen LogP contribution is 2.25. The molecule has 0 spiro atoms.